The zero-order valence-corrected chi connectivity index (χ0v) is 18.8. The summed E-state index contributed by atoms with van der Waals surface area (Å²) in [4.78, 5) is 39.0. The van der Waals surface area contributed by atoms with Crippen molar-refractivity contribution in [1.82, 2.24) is 19.8 Å². The smallest absolute Gasteiger partial charge is 0.408 e. The van der Waals surface area contributed by atoms with Crippen LogP contribution in [0.1, 0.15) is 34.6 Å². The largest absolute Gasteiger partial charge is 0.465 e. The summed E-state index contributed by atoms with van der Waals surface area (Å²) in [6.45, 7) is 11.0. The van der Waals surface area contributed by atoms with Gasteiger partial charge in [0.2, 0.25) is 5.91 Å². The summed E-state index contributed by atoms with van der Waals surface area (Å²) in [5, 5.41) is 10.1. The van der Waals surface area contributed by atoms with E-state index in [2.05, 4.69) is 14.9 Å². The van der Waals surface area contributed by atoms with E-state index in [0.29, 0.717) is 31.3 Å². The van der Waals surface area contributed by atoms with Crippen LogP contribution in [0.15, 0.2) is 24.4 Å². The van der Waals surface area contributed by atoms with Gasteiger partial charge >= 0.3 is 6.09 Å². The molecular weight excluding hydrogens is 406 g/mol. The minimum atomic E-state index is -1.17. The lowest BCUT2D eigenvalue weighted by atomic mass is 9.93. The molecule has 2 aromatic rings. The first kappa shape index (κ1) is 22.1. The summed E-state index contributed by atoms with van der Waals surface area (Å²) in [7, 11) is 0. The van der Waals surface area contributed by atoms with Gasteiger partial charge in [0, 0.05) is 31.7 Å². The lowest BCUT2D eigenvalue weighted by Crippen LogP contribution is -2.65. The molecule has 162 valence electrons. The van der Waals surface area contributed by atoms with Crippen LogP contribution in [0.3, 0.4) is 0 Å². The van der Waals surface area contributed by atoms with Gasteiger partial charge in [-0.3, -0.25) is 14.7 Å². The number of amides is 2. The fraction of sp³-hybridized carbons (Fsp3) is 0.524. The number of hydrogen-bond donors (Lipinski definition) is 1. The number of halogens is 1. The Morgan fingerprint density at radius 3 is 2.27 bits per heavy atom. The number of piperazine rings is 1. The van der Waals surface area contributed by atoms with E-state index < -0.39 is 17.2 Å². The van der Waals surface area contributed by atoms with Crippen LogP contribution in [0.25, 0.3) is 11.0 Å². The summed E-state index contributed by atoms with van der Waals surface area (Å²) in [6.07, 6.45) is 0.693. The number of anilines is 1. The van der Waals surface area contributed by atoms with Crippen LogP contribution in [0, 0.1) is 0 Å². The van der Waals surface area contributed by atoms with E-state index in [4.69, 9.17) is 11.6 Å². The molecule has 3 heterocycles. The standard InChI is InChI=1S/C21H28ClN5O3/c1-20(2,3)27(19(29)30)21(4,5)18(28)26-10-8-25(9-11-26)14-12-16-15(23-13-14)6-7-17(22)24-16/h6-7,12-13H,8-11H2,1-5H3,(H,29,30). The number of carbonyl (C=O) groups excluding carboxylic acids is 1. The number of aromatic nitrogens is 2. The number of rotatable bonds is 3. The van der Waals surface area contributed by atoms with Gasteiger partial charge in [0.25, 0.3) is 0 Å². The third-order valence-electron chi connectivity index (χ3n) is 5.37. The molecule has 0 bridgehead atoms. The Morgan fingerprint density at radius 2 is 1.70 bits per heavy atom. The predicted molar refractivity (Wildman–Crippen MR) is 117 cm³/mol. The molecule has 0 atom stereocenters. The topological polar surface area (TPSA) is 89.9 Å². The Hall–Kier alpha value is -2.61. The summed E-state index contributed by atoms with van der Waals surface area (Å²) in [5.74, 6) is -0.190. The molecule has 3 rings (SSSR count). The van der Waals surface area contributed by atoms with Crippen molar-refractivity contribution in [2.45, 2.75) is 45.7 Å². The number of carboxylic acid groups (broad SMARTS) is 1. The van der Waals surface area contributed by atoms with Crippen LogP contribution < -0.4 is 4.90 Å². The molecule has 8 nitrogen and oxygen atoms in total. The van der Waals surface area contributed by atoms with Crippen molar-refractivity contribution in [3.63, 3.8) is 0 Å². The first-order valence-electron chi connectivity index (χ1n) is 9.91. The quantitative estimate of drug-likeness (QED) is 0.745. The number of fused-ring (bicyclic) bond motifs is 1. The van der Waals surface area contributed by atoms with E-state index in [-0.39, 0.29) is 5.91 Å². The predicted octanol–water partition coefficient (Wildman–Crippen LogP) is 3.49. The molecule has 2 aromatic heterocycles. The Balaban J connectivity index is 1.73. The SMILES string of the molecule is CC(C)(C)N(C(=O)O)C(C)(C)C(=O)N1CCN(c2cnc3ccc(Cl)nc3c2)CC1. The first-order valence-corrected chi connectivity index (χ1v) is 10.3. The Morgan fingerprint density at radius 1 is 1.07 bits per heavy atom. The van der Waals surface area contributed by atoms with Crippen molar-refractivity contribution in [3.05, 3.63) is 29.5 Å². The molecule has 1 aliphatic rings. The van der Waals surface area contributed by atoms with Crippen molar-refractivity contribution in [2.24, 2.45) is 0 Å². The van der Waals surface area contributed by atoms with Gasteiger partial charge in [0.05, 0.1) is 22.9 Å². The van der Waals surface area contributed by atoms with Crippen molar-refractivity contribution < 1.29 is 14.7 Å². The number of nitrogens with zero attached hydrogens (tertiary/aromatic N) is 5. The average Bonchev–Trinajstić information content (AvgIpc) is 2.65. The molecule has 1 N–H and O–H groups in total. The van der Waals surface area contributed by atoms with E-state index in [9.17, 15) is 14.7 Å². The highest BCUT2D eigenvalue weighted by molar-refractivity contribution is 6.29. The fourth-order valence-corrected chi connectivity index (χ4v) is 4.31. The van der Waals surface area contributed by atoms with Crippen molar-refractivity contribution in [2.75, 3.05) is 31.1 Å². The maximum Gasteiger partial charge on any atom is 0.408 e. The van der Waals surface area contributed by atoms with E-state index in [1.54, 1.807) is 51.8 Å². The van der Waals surface area contributed by atoms with E-state index in [0.717, 1.165) is 16.7 Å². The number of carbonyl (C=O) groups is 2. The monoisotopic (exact) mass is 433 g/mol. The van der Waals surface area contributed by atoms with Crippen LogP contribution in [-0.4, -0.2) is 74.1 Å². The lowest BCUT2D eigenvalue weighted by Gasteiger charge is -2.47. The number of hydrogen-bond acceptors (Lipinski definition) is 5. The lowest BCUT2D eigenvalue weighted by molar-refractivity contribution is -0.144. The Labute approximate surface area is 181 Å². The first-order chi connectivity index (χ1) is 13.9. The van der Waals surface area contributed by atoms with Crippen LogP contribution in [0.2, 0.25) is 5.15 Å². The van der Waals surface area contributed by atoms with Crippen molar-refractivity contribution >= 4 is 40.3 Å². The average molecular weight is 434 g/mol. The summed E-state index contributed by atoms with van der Waals surface area (Å²) >= 11 is 5.99. The van der Waals surface area contributed by atoms with Gasteiger partial charge in [0.15, 0.2) is 0 Å². The highest BCUT2D eigenvalue weighted by atomic mass is 35.5. The van der Waals surface area contributed by atoms with Crippen LogP contribution in [-0.2, 0) is 4.79 Å². The normalized spacial score (nSPS) is 15.4. The van der Waals surface area contributed by atoms with Gasteiger partial charge in [-0.25, -0.2) is 9.78 Å². The zero-order valence-electron chi connectivity index (χ0n) is 18.0. The maximum absolute atomic E-state index is 13.2. The van der Waals surface area contributed by atoms with Gasteiger partial charge in [-0.15, -0.1) is 0 Å². The van der Waals surface area contributed by atoms with Gasteiger partial charge in [-0.1, -0.05) is 11.6 Å². The molecule has 2 amide bonds. The molecule has 0 aliphatic carbocycles. The van der Waals surface area contributed by atoms with Crippen molar-refractivity contribution in [3.8, 4) is 0 Å². The second kappa shape index (κ2) is 7.91. The van der Waals surface area contributed by atoms with Gasteiger partial charge in [-0.2, -0.15) is 0 Å². The van der Waals surface area contributed by atoms with Crippen LogP contribution in [0.5, 0.6) is 0 Å². The molecule has 0 saturated carbocycles. The molecular formula is C21H28ClN5O3. The summed E-state index contributed by atoms with van der Waals surface area (Å²) < 4.78 is 0. The van der Waals surface area contributed by atoms with E-state index in [1.807, 2.05) is 12.1 Å². The second-order valence-corrected chi connectivity index (χ2v) is 9.38. The van der Waals surface area contributed by atoms with Crippen molar-refractivity contribution in [1.29, 1.82) is 0 Å². The molecule has 0 radical (unpaired) electrons. The third kappa shape index (κ3) is 4.28. The second-order valence-electron chi connectivity index (χ2n) is 8.99. The highest BCUT2D eigenvalue weighted by Gasteiger charge is 2.46. The molecule has 0 unspecified atom stereocenters. The van der Waals surface area contributed by atoms with Crippen LogP contribution in [0.4, 0.5) is 10.5 Å². The maximum atomic E-state index is 13.2. The van der Waals surface area contributed by atoms with Gasteiger partial charge < -0.3 is 14.9 Å². The van der Waals surface area contributed by atoms with E-state index >= 15 is 0 Å². The Kier molecular flexibility index (Phi) is 5.82. The third-order valence-corrected chi connectivity index (χ3v) is 5.58. The molecule has 1 fully saturated rings. The molecule has 1 aliphatic heterocycles. The number of pyridine rings is 2. The van der Waals surface area contributed by atoms with E-state index in [1.165, 1.54) is 4.90 Å². The molecule has 1 saturated heterocycles. The van der Waals surface area contributed by atoms with Crippen LogP contribution >= 0.6 is 11.6 Å². The molecule has 30 heavy (non-hydrogen) atoms. The highest BCUT2D eigenvalue weighted by Crippen LogP contribution is 2.28. The zero-order chi connectivity index (χ0) is 22.3. The minimum absolute atomic E-state index is 0.190. The van der Waals surface area contributed by atoms with Gasteiger partial charge in [-0.05, 0) is 52.8 Å². The molecule has 0 spiro atoms. The summed E-state index contributed by atoms with van der Waals surface area (Å²) in [5.41, 5.74) is 0.553. The molecule has 0 aromatic carbocycles. The van der Waals surface area contributed by atoms with Gasteiger partial charge in [0.1, 0.15) is 10.7 Å². The molecule has 9 heteroatoms. The minimum Gasteiger partial charge on any atom is -0.465 e. The summed E-state index contributed by atoms with van der Waals surface area (Å²) in [6, 6.07) is 5.48. The Bertz CT molecular complexity index is 965. The fourth-order valence-electron chi connectivity index (χ4n) is 4.16.